The molecule has 1 rings (SSSR count). The van der Waals surface area contributed by atoms with Crippen LogP contribution in [0.4, 0.5) is 4.79 Å². The Morgan fingerprint density at radius 3 is 2.50 bits per heavy atom. The minimum atomic E-state index is -0.471. The van der Waals surface area contributed by atoms with Crippen LogP contribution in [-0.2, 0) is 4.74 Å². The maximum Gasteiger partial charge on any atom is 0.411 e. The molecule has 4 nitrogen and oxygen atoms in total. The van der Waals surface area contributed by atoms with Gasteiger partial charge in [0.2, 0.25) is 0 Å². The van der Waals surface area contributed by atoms with Gasteiger partial charge in [-0.25, -0.2) is 4.79 Å². The molecule has 0 spiro atoms. The van der Waals surface area contributed by atoms with E-state index < -0.39 is 11.7 Å². The number of alkyl halides is 1. The maximum absolute atomic E-state index is 11.6. The number of carbonyl (C=O) groups excluding carboxylic acids is 1. The molecule has 1 fully saturated rings. The monoisotopic (exact) mass is 313 g/mol. The average molecular weight is 313 g/mol. The molecule has 14 heavy (non-hydrogen) atoms. The lowest BCUT2D eigenvalue weighted by Gasteiger charge is -2.26. The predicted molar refractivity (Wildman–Crippen MR) is 61.4 cm³/mol. The second-order valence-electron chi connectivity index (χ2n) is 4.46. The summed E-state index contributed by atoms with van der Waals surface area (Å²) < 4.78 is 5.25. The Bertz CT molecular complexity index is 227. The number of carbonyl (C=O) groups is 1. The topological polar surface area (TPSA) is 49.8 Å². The molecule has 0 aromatic carbocycles. The van der Waals surface area contributed by atoms with Gasteiger partial charge in [-0.2, -0.15) is 0 Å². The smallest absolute Gasteiger partial charge is 0.411 e. The molecule has 0 unspecified atom stereocenters. The summed E-state index contributed by atoms with van der Waals surface area (Å²) in [5.74, 6) is 0. The highest BCUT2D eigenvalue weighted by molar-refractivity contribution is 14.1. The quantitative estimate of drug-likeness (QED) is 0.421. The van der Waals surface area contributed by atoms with Crippen molar-refractivity contribution in [3.63, 3.8) is 0 Å². The Balaban J connectivity index is 2.53. The number of hydrogen-bond acceptors (Lipinski definition) is 3. The van der Waals surface area contributed by atoms with E-state index in [9.17, 15) is 9.90 Å². The van der Waals surface area contributed by atoms with E-state index in [1.54, 1.807) is 4.90 Å². The molecular weight excluding hydrogens is 297 g/mol. The van der Waals surface area contributed by atoms with E-state index in [2.05, 4.69) is 22.6 Å². The first-order valence-electron chi connectivity index (χ1n) is 4.61. The first kappa shape index (κ1) is 12.0. The number of ether oxygens (including phenoxy) is 1. The number of hydrogen-bond donors (Lipinski definition) is 1. The second kappa shape index (κ2) is 4.22. The number of likely N-dealkylation sites (tertiary alicyclic amines) is 1. The fourth-order valence-electron chi connectivity index (χ4n) is 1.28. The minimum Gasteiger partial charge on any atom is -0.444 e. The van der Waals surface area contributed by atoms with Crippen molar-refractivity contribution >= 4 is 28.7 Å². The number of β-amino-alcohol motifs (C(OH)–C–C–N with tert-alkyl or cyclic N) is 1. The molecule has 1 amide bonds. The van der Waals surface area contributed by atoms with Crippen LogP contribution in [0, 0.1) is 0 Å². The summed E-state index contributed by atoms with van der Waals surface area (Å²) in [6.07, 6.45) is -0.127. The third-order valence-electron chi connectivity index (χ3n) is 1.84. The predicted octanol–water partition coefficient (Wildman–Crippen LogP) is 1.75. The molecule has 0 radical (unpaired) electrons. The molecule has 0 aliphatic carbocycles. The summed E-state index contributed by atoms with van der Waals surface area (Å²) in [6, 6.07) is 0. The summed E-state index contributed by atoms with van der Waals surface area (Å²) in [4.78, 5) is 13.2. The molecule has 0 saturated carbocycles. The minimum absolute atomic E-state index is 0.0393. The normalized spacial score (nSPS) is 27.9. The van der Waals surface area contributed by atoms with Gasteiger partial charge in [0.25, 0.3) is 0 Å². The van der Waals surface area contributed by atoms with Gasteiger partial charge in [-0.15, -0.1) is 0 Å². The number of aliphatic hydroxyl groups is 1. The fraction of sp³-hybridized carbons (Fsp3) is 0.889. The van der Waals surface area contributed by atoms with Crippen molar-refractivity contribution < 1.29 is 14.6 Å². The Kier molecular flexibility index (Phi) is 3.63. The lowest BCUT2D eigenvalue weighted by Crippen LogP contribution is -2.38. The Labute approximate surface area is 97.7 Å². The molecule has 0 aromatic rings. The number of amides is 1. The number of nitrogens with zero attached hydrogens (tertiary/aromatic N) is 1. The Morgan fingerprint density at radius 2 is 2.14 bits per heavy atom. The molecule has 1 N–H and O–H groups in total. The first-order chi connectivity index (χ1) is 6.29. The average Bonchev–Trinajstić information content (AvgIpc) is 2.26. The second-order valence-corrected chi connectivity index (χ2v) is 5.89. The number of aliphatic hydroxyl groups excluding tert-OH is 1. The molecule has 1 saturated heterocycles. The lowest BCUT2D eigenvalue weighted by atomic mass is 10.2. The SMILES string of the molecule is CC(C)(C)OC(=O)N1C[C@@H](O)C[C@@H]1I. The van der Waals surface area contributed by atoms with Crippen molar-refractivity contribution in [2.45, 2.75) is 42.9 Å². The summed E-state index contributed by atoms with van der Waals surface area (Å²) in [7, 11) is 0. The third kappa shape index (κ3) is 3.27. The van der Waals surface area contributed by atoms with Crippen molar-refractivity contribution in [1.82, 2.24) is 4.90 Å². The zero-order valence-electron chi connectivity index (χ0n) is 8.66. The highest BCUT2D eigenvalue weighted by atomic mass is 127. The van der Waals surface area contributed by atoms with E-state index in [1.807, 2.05) is 20.8 Å². The van der Waals surface area contributed by atoms with Gasteiger partial charge in [-0.3, -0.25) is 4.90 Å². The van der Waals surface area contributed by atoms with E-state index in [0.717, 1.165) is 0 Å². The first-order valence-corrected chi connectivity index (χ1v) is 5.86. The van der Waals surface area contributed by atoms with E-state index in [4.69, 9.17) is 4.74 Å². The van der Waals surface area contributed by atoms with Crippen LogP contribution < -0.4 is 0 Å². The lowest BCUT2D eigenvalue weighted by molar-refractivity contribution is 0.0261. The van der Waals surface area contributed by atoms with Gasteiger partial charge in [0.15, 0.2) is 0 Å². The molecular formula is C9H16INO3. The van der Waals surface area contributed by atoms with Crippen LogP contribution in [0.3, 0.4) is 0 Å². The largest absolute Gasteiger partial charge is 0.444 e. The summed E-state index contributed by atoms with van der Waals surface area (Å²) >= 11 is 2.14. The molecule has 1 aliphatic rings. The van der Waals surface area contributed by atoms with E-state index >= 15 is 0 Å². The molecule has 0 aromatic heterocycles. The van der Waals surface area contributed by atoms with Gasteiger partial charge in [-0.1, -0.05) is 22.6 Å². The molecule has 82 valence electrons. The van der Waals surface area contributed by atoms with Crippen molar-refractivity contribution in [1.29, 1.82) is 0 Å². The maximum atomic E-state index is 11.6. The van der Waals surface area contributed by atoms with E-state index in [1.165, 1.54) is 0 Å². The van der Waals surface area contributed by atoms with Crippen molar-refractivity contribution in [3.8, 4) is 0 Å². The van der Waals surface area contributed by atoms with Gasteiger partial charge in [0.05, 0.1) is 16.7 Å². The van der Waals surface area contributed by atoms with Gasteiger partial charge in [0.1, 0.15) is 5.60 Å². The number of rotatable bonds is 0. The molecule has 1 heterocycles. The Morgan fingerprint density at radius 1 is 1.57 bits per heavy atom. The standard InChI is InChI=1S/C9H16INO3/c1-9(2,3)14-8(13)11-5-6(12)4-7(11)10/h6-7,12H,4-5H2,1-3H3/t6-,7+/m0/s1. The van der Waals surface area contributed by atoms with E-state index in [-0.39, 0.29) is 10.1 Å². The molecule has 2 atom stereocenters. The van der Waals surface area contributed by atoms with Crippen LogP contribution in [0.2, 0.25) is 0 Å². The fourth-order valence-corrected chi connectivity index (χ4v) is 2.32. The van der Waals surface area contributed by atoms with Crippen LogP contribution in [0.25, 0.3) is 0 Å². The van der Waals surface area contributed by atoms with Gasteiger partial charge < -0.3 is 9.84 Å². The van der Waals surface area contributed by atoms with Crippen LogP contribution in [0.5, 0.6) is 0 Å². The van der Waals surface area contributed by atoms with E-state index in [0.29, 0.717) is 13.0 Å². The zero-order valence-corrected chi connectivity index (χ0v) is 10.8. The van der Waals surface area contributed by atoms with Gasteiger partial charge in [-0.05, 0) is 20.8 Å². The van der Waals surface area contributed by atoms with Gasteiger partial charge >= 0.3 is 6.09 Å². The van der Waals surface area contributed by atoms with Crippen LogP contribution in [0.15, 0.2) is 0 Å². The van der Waals surface area contributed by atoms with Crippen LogP contribution in [-0.4, -0.2) is 38.4 Å². The summed E-state index contributed by atoms with van der Waals surface area (Å²) in [6.45, 7) is 5.88. The van der Waals surface area contributed by atoms with Gasteiger partial charge in [0, 0.05) is 6.42 Å². The highest BCUT2D eigenvalue weighted by Gasteiger charge is 2.34. The molecule has 0 bridgehead atoms. The van der Waals surface area contributed by atoms with Crippen LogP contribution in [0.1, 0.15) is 27.2 Å². The molecule has 1 aliphatic heterocycles. The van der Waals surface area contributed by atoms with Crippen molar-refractivity contribution in [3.05, 3.63) is 0 Å². The highest BCUT2D eigenvalue weighted by Crippen LogP contribution is 2.25. The van der Waals surface area contributed by atoms with Crippen LogP contribution >= 0.6 is 22.6 Å². The Hall–Kier alpha value is -0.0400. The zero-order chi connectivity index (χ0) is 10.9. The molecule has 5 heteroatoms. The summed E-state index contributed by atoms with van der Waals surface area (Å²) in [5, 5.41) is 9.36. The third-order valence-corrected chi connectivity index (χ3v) is 3.02. The van der Waals surface area contributed by atoms with Crippen molar-refractivity contribution in [2.75, 3.05) is 6.54 Å². The van der Waals surface area contributed by atoms with Crippen molar-refractivity contribution in [2.24, 2.45) is 0 Å². The summed E-state index contributed by atoms with van der Waals surface area (Å²) in [5.41, 5.74) is -0.471. The number of halogens is 1.